The van der Waals surface area contributed by atoms with Gasteiger partial charge in [0.25, 0.3) is 0 Å². The maximum atomic E-state index is 11.8. The van der Waals surface area contributed by atoms with Gasteiger partial charge in [-0.25, -0.2) is 9.67 Å². The van der Waals surface area contributed by atoms with Gasteiger partial charge in [-0.3, -0.25) is 9.59 Å². The number of carbonyl (C=O) groups excluding carboxylic acids is 1. The number of amides is 1. The van der Waals surface area contributed by atoms with Gasteiger partial charge in [-0.15, -0.1) is 11.8 Å². The van der Waals surface area contributed by atoms with Gasteiger partial charge in [-0.05, 0) is 18.2 Å². The first kappa shape index (κ1) is 15.3. The van der Waals surface area contributed by atoms with Crippen molar-refractivity contribution < 1.29 is 14.7 Å². The van der Waals surface area contributed by atoms with Gasteiger partial charge in [0, 0.05) is 5.02 Å². The topological polar surface area (TPSA) is 97.1 Å². The maximum absolute atomic E-state index is 11.8. The number of hydrogen-bond donors (Lipinski definition) is 2. The Morgan fingerprint density at radius 1 is 1.38 bits per heavy atom. The van der Waals surface area contributed by atoms with Crippen molar-refractivity contribution in [3.05, 3.63) is 35.9 Å². The molecule has 0 unspecified atom stereocenters. The third-order valence-electron chi connectivity index (χ3n) is 2.36. The molecule has 21 heavy (non-hydrogen) atoms. The molecule has 0 saturated carbocycles. The molecule has 0 spiro atoms. The Kier molecular flexibility index (Phi) is 5.18. The smallest absolute Gasteiger partial charge is 0.313 e. The van der Waals surface area contributed by atoms with Crippen LogP contribution >= 0.6 is 23.4 Å². The molecule has 0 atom stereocenters. The second-order valence-electron chi connectivity index (χ2n) is 3.94. The van der Waals surface area contributed by atoms with Crippen molar-refractivity contribution in [1.29, 1.82) is 0 Å². The molecule has 0 saturated heterocycles. The first-order valence-electron chi connectivity index (χ1n) is 5.80. The van der Waals surface area contributed by atoms with E-state index in [0.717, 1.165) is 11.8 Å². The number of aliphatic carboxylic acids is 1. The van der Waals surface area contributed by atoms with E-state index in [0.29, 0.717) is 16.4 Å². The molecule has 7 nitrogen and oxygen atoms in total. The van der Waals surface area contributed by atoms with Crippen molar-refractivity contribution in [2.45, 2.75) is 0 Å². The Morgan fingerprint density at radius 3 is 2.86 bits per heavy atom. The highest BCUT2D eigenvalue weighted by molar-refractivity contribution is 8.00. The van der Waals surface area contributed by atoms with Crippen molar-refractivity contribution in [2.24, 2.45) is 0 Å². The summed E-state index contributed by atoms with van der Waals surface area (Å²) in [4.78, 5) is 26.1. The van der Waals surface area contributed by atoms with Crippen molar-refractivity contribution in [3.63, 3.8) is 0 Å². The molecule has 2 aromatic rings. The number of halogens is 1. The number of thioether (sulfide) groups is 1. The van der Waals surface area contributed by atoms with Crippen LogP contribution in [0, 0.1) is 0 Å². The van der Waals surface area contributed by atoms with E-state index in [1.165, 1.54) is 17.3 Å². The van der Waals surface area contributed by atoms with E-state index < -0.39 is 5.97 Å². The molecule has 110 valence electrons. The van der Waals surface area contributed by atoms with E-state index in [1.54, 1.807) is 18.2 Å². The van der Waals surface area contributed by atoms with Crippen LogP contribution < -0.4 is 5.32 Å². The molecular weight excluding hydrogens is 316 g/mol. The van der Waals surface area contributed by atoms with Gasteiger partial charge in [-0.2, -0.15) is 5.10 Å². The minimum absolute atomic E-state index is 0.0373. The summed E-state index contributed by atoms with van der Waals surface area (Å²) >= 11 is 6.94. The first-order chi connectivity index (χ1) is 10.1. The third kappa shape index (κ3) is 4.47. The average Bonchev–Trinajstić information content (AvgIpc) is 2.92. The lowest BCUT2D eigenvalue weighted by Gasteiger charge is -2.11. The van der Waals surface area contributed by atoms with Gasteiger partial charge >= 0.3 is 5.97 Å². The van der Waals surface area contributed by atoms with E-state index in [2.05, 4.69) is 15.4 Å². The Balaban J connectivity index is 2.10. The molecule has 0 bridgehead atoms. The van der Waals surface area contributed by atoms with E-state index >= 15 is 0 Å². The Bertz CT molecular complexity index is 648. The Labute approximate surface area is 129 Å². The normalized spacial score (nSPS) is 10.3. The largest absolute Gasteiger partial charge is 0.481 e. The molecule has 1 heterocycles. The molecule has 0 aliphatic heterocycles. The fourth-order valence-corrected chi connectivity index (χ4v) is 2.26. The molecule has 0 radical (unpaired) electrons. The number of carbonyl (C=O) groups is 2. The van der Waals surface area contributed by atoms with Crippen LogP contribution in [-0.2, 0) is 9.59 Å². The number of anilines is 1. The lowest BCUT2D eigenvalue weighted by Crippen LogP contribution is -2.17. The fourth-order valence-electron chi connectivity index (χ4n) is 1.56. The monoisotopic (exact) mass is 326 g/mol. The number of rotatable bonds is 6. The van der Waals surface area contributed by atoms with Crippen molar-refractivity contribution in [1.82, 2.24) is 14.8 Å². The van der Waals surface area contributed by atoms with Crippen molar-refractivity contribution in [3.8, 4) is 5.69 Å². The summed E-state index contributed by atoms with van der Waals surface area (Å²) in [7, 11) is 0. The number of aromatic nitrogens is 3. The summed E-state index contributed by atoms with van der Waals surface area (Å²) in [6.07, 6.45) is 2.88. The number of carboxylic acid groups (broad SMARTS) is 1. The summed E-state index contributed by atoms with van der Waals surface area (Å²) in [5.41, 5.74) is 1.10. The second-order valence-corrected chi connectivity index (χ2v) is 5.36. The zero-order valence-electron chi connectivity index (χ0n) is 10.7. The summed E-state index contributed by atoms with van der Waals surface area (Å²) < 4.78 is 1.50. The quantitative estimate of drug-likeness (QED) is 0.838. The summed E-state index contributed by atoms with van der Waals surface area (Å²) in [5, 5.41) is 15.7. The lowest BCUT2D eigenvalue weighted by molar-refractivity contribution is -0.133. The molecule has 0 fully saturated rings. The van der Waals surface area contributed by atoms with Crippen LogP contribution in [-0.4, -0.2) is 43.3 Å². The average molecular weight is 327 g/mol. The van der Waals surface area contributed by atoms with E-state index in [4.69, 9.17) is 16.7 Å². The van der Waals surface area contributed by atoms with Gasteiger partial charge in [0.1, 0.15) is 12.7 Å². The number of hydrogen-bond acceptors (Lipinski definition) is 5. The predicted molar refractivity (Wildman–Crippen MR) is 80.0 cm³/mol. The first-order valence-corrected chi connectivity index (χ1v) is 7.33. The Morgan fingerprint density at radius 2 is 2.19 bits per heavy atom. The zero-order valence-corrected chi connectivity index (χ0v) is 12.3. The molecule has 1 aromatic heterocycles. The summed E-state index contributed by atoms with van der Waals surface area (Å²) in [6, 6.07) is 4.97. The highest BCUT2D eigenvalue weighted by atomic mass is 35.5. The van der Waals surface area contributed by atoms with Crippen LogP contribution in [0.4, 0.5) is 5.69 Å². The molecule has 9 heteroatoms. The van der Waals surface area contributed by atoms with Crippen LogP contribution in [0.1, 0.15) is 0 Å². The molecule has 1 aromatic carbocycles. The minimum Gasteiger partial charge on any atom is -0.481 e. The van der Waals surface area contributed by atoms with Gasteiger partial charge in [-0.1, -0.05) is 11.6 Å². The van der Waals surface area contributed by atoms with Crippen molar-refractivity contribution in [2.75, 3.05) is 16.8 Å². The zero-order chi connectivity index (χ0) is 15.2. The third-order valence-corrected chi connectivity index (χ3v) is 3.51. The van der Waals surface area contributed by atoms with Crippen LogP contribution in [0.25, 0.3) is 5.69 Å². The standard InChI is InChI=1S/C12H11ClN4O3S/c13-8-1-2-10(17-7-14-6-15-17)9(3-8)16-11(18)4-21-5-12(19)20/h1-3,6-7H,4-5H2,(H,16,18)(H,19,20). The highest BCUT2D eigenvalue weighted by Gasteiger charge is 2.10. The molecule has 1 amide bonds. The fraction of sp³-hybridized carbons (Fsp3) is 0.167. The minimum atomic E-state index is -0.959. The SMILES string of the molecule is O=C(O)CSCC(=O)Nc1cc(Cl)ccc1-n1cncn1. The van der Waals surface area contributed by atoms with Crippen LogP contribution in [0.15, 0.2) is 30.9 Å². The van der Waals surface area contributed by atoms with Gasteiger partial charge in [0.2, 0.25) is 5.91 Å². The highest BCUT2D eigenvalue weighted by Crippen LogP contribution is 2.24. The van der Waals surface area contributed by atoms with E-state index in [9.17, 15) is 9.59 Å². The molecule has 0 aliphatic rings. The predicted octanol–water partition coefficient (Wildman–Crippen LogP) is 1.68. The maximum Gasteiger partial charge on any atom is 0.313 e. The van der Waals surface area contributed by atoms with Crippen LogP contribution in [0.2, 0.25) is 5.02 Å². The second kappa shape index (κ2) is 7.09. The number of benzene rings is 1. The van der Waals surface area contributed by atoms with E-state index in [1.807, 2.05) is 0 Å². The van der Waals surface area contributed by atoms with Crippen LogP contribution in [0.5, 0.6) is 0 Å². The number of nitrogens with zero attached hydrogens (tertiary/aromatic N) is 3. The van der Waals surface area contributed by atoms with Gasteiger partial charge in [0.05, 0.1) is 22.9 Å². The van der Waals surface area contributed by atoms with E-state index in [-0.39, 0.29) is 17.4 Å². The molecule has 0 aliphatic carbocycles. The van der Waals surface area contributed by atoms with Crippen molar-refractivity contribution >= 4 is 40.9 Å². The van der Waals surface area contributed by atoms with Gasteiger partial charge < -0.3 is 10.4 Å². The lowest BCUT2D eigenvalue weighted by atomic mass is 10.2. The number of nitrogens with one attached hydrogen (secondary N) is 1. The molecule has 2 N–H and O–H groups in total. The Hall–Kier alpha value is -2.06. The molecule has 2 rings (SSSR count). The van der Waals surface area contributed by atoms with Crippen LogP contribution in [0.3, 0.4) is 0 Å². The number of carboxylic acids is 1. The van der Waals surface area contributed by atoms with Gasteiger partial charge in [0.15, 0.2) is 0 Å². The summed E-state index contributed by atoms with van der Waals surface area (Å²) in [5.74, 6) is -1.36. The summed E-state index contributed by atoms with van der Waals surface area (Å²) in [6.45, 7) is 0. The molecular formula is C12H11ClN4O3S.